The van der Waals surface area contributed by atoms with Crippen molar-refractivity contribution < 1.29 is 29.0 Å². The van der Waals surface area contributed by atoms with Crippen LogP contribution in [0.3, 0.4) is 0 Å². The molecule has 0 heterocycles. The standard InChI is InChI=1S/C52H102N2O6/c1-7-11-15-19-22-28-38-48(37-27-18-14-10-4)52(58)60-44-34-24-30-40-49(53(5)41-31-32-42-55)39-29-23-33-43-59-51(57)46-54(6)50(56)45-47(35-25-20-16-12-8-2)36-26-21-17-13-9-3/h47-49,55H,7-46H2,1-6H3. The Labute approximate surface area is 372 Å². The summed E-state index contributed by atoms with van der Waals surface area (Å²) in [5.41, 5.74) is 0. The summed E-state index contributed by atoms with van der Waals surface area (Å²) in [6.07, 6.45) is 39.5. The normalized spacial score (nSPS) is 12.6. The van der Waals surface area contributed by atoms with E-state index >= 15 is 0 Å². The fourth-order valence-corrected chi connectivity index (χ4v) is 8.56. The van der Waals surface area contributed by atoms with E-state index in [0.717, 1.165) is 109 Å². The minimum atomic E-state index is -0.311. The molecule has 0 bridgehead atoms. The smallest absolute Gasteiger partial charge is 0.325 e. The Morgan fingerprint density at radius 2 is 0.900 bits per heavy atom. The number of carbonyl (C=O) groups is 3. The number of hydrogen-bond acceptors (Lipinski definition) is 7. The SMILES string of the molecule is CCCCCCCCC(CCCCCC)C(=O)OCCCCCC(CCCCCOC(=O)CN(C)C(=O)CC(CCCCCCC)CCCCCCC)N(C)CCCCO. The maximum atomic E-state index is 13.1. The molecule has 0 aromatic rings. The minimum absolute atomic E-state index is 0.0251. The molecule has 0 saturated heterocycles. The van der Waals surface area contributed by atoms with E-state index in [1.54, 1.807) is 11.9 Å². The monoisotopic (exact) mass is 851 g/mol. The van der Waals surface area contributed by atoms with Crippen LogP contribution in [0.5, 0.6) is 0 Å². The third kappa shape index (κ3) is 35.9. The number of ether oxygens (including phenoxy) is 2. The predicted molar refractivity (Wildman–Crippen MR) is 254 cm³/mol. The Bertz CT molecular complexity index is 949. The number of esters is 2. The molecule has 0 radical (unpaired) electrons. The van der Waals surface area contributed by atoms with Gasteiger partial charge in [-0.1, -0.05) is 182 Å². The van der Waals surface area contributed by atoms with Crippen molar-refractivity contribution in [2.75, 3.05) is 47.0 Å². The molecular weight excluding hydrogens is 749 g/mol. The summed E-state index contributed by atoms with van der Waals surface area (Å²) in [6.45, 7) is 11.1. The van der Waals surface area contributed by atoms with Gasteiger partial charge in [-0.25, -0.2) is 0 Å². The van der Waals surface area contributed by atoms with E-state index in [1.807, 2.05) is 0 Å². The van der Waals surface area contributed by atoms with Gasteiger partial charge in [0.15, 0.2) is 0 Å². The molecule has 8 heteroatoms. The van der Waals surface area contributed by atoms with Crippen LogP contribution < -0.4 is 0 Å². The molecular formula is C52H102N2O6. The summed E-state index contributed by atoms with van der Waals surface area (Å²) in [6, 6.07) is 0.467. The van der Waals surface area contributed by atoms with Gasteiger partial charge in [0.25, 0.3) is 0 Å². The molecule has 1 amide bonds. The van der Waals surface area contributed by atoms with Gasteiger partial charge in [0.1, 0.15) is 6.54 Å². The lowest BCUT2D eigenvalue weighted by Crippen LogP contribution is -2.34. The first-order chi connectivity index (χ1) is 29.2. The molecule has 60 heavy (non-hydrogen) atoms. The number of amides is 1. The second-order valence-corrected chi connectivity index (χ2v) is 18.5. The Hall–Kier alpha value is -1.67. The van der Waals surface area contributed by atoms with Crippen LogP contribution in [0.25, 0.3) is 0 Å². The highest BCUT2D eigenvalue weighted by Gasteiger charge is 2.21. The molecule has 0 aromatic heterocycles. The summed E-state index contributed by atoms with van der Waals surface area (Å²) in [5.74, 6) is 0.252. The number of nitrogens with zero attached hydrogens (tertiary/aromatic N) is 2. The van der Waals surface area contributed by atoms with E-state index in [0.29, 0.717) is 31.6 Å². The van der Waals surface area contributed by atoms with Crippen LogP contribution in [-0.4, -0.2) is 85.8 Å². The van der Waals surface area contributed by atoms with Crippen molar-refractivity contribution >= 4 is 17.8 Å². The summed E-state index contributed by atoms with van der Waals surface area (Å²) < 4.78 is 11.5. The van der Waals surface area contributed by atoms with Crippen molar-refractivity contribution in [3.05, 3.63) is 0 Å². The maximum Gasteiger partial charge on any atom is 0.325 e. The third-order valence-electron chi connectivity index (χ3n) is 12.7. The number of aliphatic hydroxyl groups is 1. The van der Waals surface area contributed by atoms with Crippen molar-refractivity contribution in [3.8, 4) is 0 Å². The number of hydrogen-bond donors (Lipinski definition) is 1. The van der Waals surface area contributed by atoms with E-state index in [4.69, 9.17) is 9.47 Å². The van der Waals surface area contributed by atoms with E-state index in [9.17, 15) is 19.5 Å². The lowest BCUT2D eigenvalue weighted by atomic mass is 9.91. The number of likely N-dealkylation sites (N-methyl/N-ethyl adjacent to an activating group) is 1. The third-order valence-corrected chi connectivity index (χ3v) is 12.7. The first-order valence-corrected chi connectivity index (χ1v) is 26.1. The fourth-order valence-electron chi connectivity index (χ4n) is 8.56. The van der Waals surface area contributed by atoms with Crippen LogP contribution in [0.2, 0.25) is 0 Å². The van der Waals surface area contributed by atoms with Gasteiger partial charge >= 0.3 is 11.9 Å². The number of unbranched alkanes of at least 4 members (excludes halogenated alkanes) is 21. The van der Waals surface area contributed by atoms with Gasteiger partial charge in [-0.3, -0.25) is 14.4 Å². The average molecular weight is 851 g/mol. The number of carbonyl (C=O) groups excluding carboxylic acids is 3. The molecule has 0 aliphatic heterocycles. The Balaban J connectivity index is 4.66. The first kappa shape index (κ1) is 58.3. The summed E-state index contributed by atoms with van der Waals surface area (Å²) in [7, 11) is 3.95. The van der Waals surface area contributed by atoms with Crippen LogP contribution >= 0.6 is 0 Å². The van der Waals surface area contributed by atoms with Gasteiger partial charge in [-0.05, 0) is 83.7 Å². The van der Waals surface area contributed by atoms with Gasteiger partial charge in [-0.2, -0.15) is 0 Å². The molecule has 1 N–H and O–H groups in total. The molecule has 0 fully saturated rings. The lowest BCUT2D eigenvalue weighted by molar-refractivity contribution is -0.149. The van der Waals surface area contributed by atoms with E-state index in [1.165, 1.54) is 116 Å². The Morgan fingerprint density at radius 1 is 0.483 bits per heavy atom. The quantitative estimate of drug-likeness (QED) is 0.0481. The Kier molecular flexibility index (Phi) is 42.7. The largest absolute Gasteiger partial charge is 0.465 e. The predicted octanol–water partition coefficient (Wildman–Crippen LogP) is 13.8. The van der Waals surface area contributed by atoms with Gasteiger partial charge in [0.05, 0.1) is 19.1 Å². The van der Waals surface area contributed by atoms with Crippen molar-refractivity contribution in [2.24, 2.45) is 11.8 Å². The van der Waals surface area contributed by atoms with Crippen LogP contribution in [0.4, 0.5) is 0 Å². The van der Waals surface area contributed by atoms with E-state index < -0.39 is 0 Å². The first-order valence-electron chi connectivity index (χ1n) is 26.1. The zero-order valence-corrected chi connectivity index (χ0v) is 40.9. The number of aliphatic hydroxyl groups excluding tert-OH is 1. The molecule has 2 unspecified atom stereocenters. The topological polar surface area (TPSA) is 96.4 Å². The van der Waals surface area contributed by atoms with Gasteiger partial charge in [0, 0.05) is 26.1 Å². The van der Waals surface area contributed by atoms with Crippen molar-refractivity contribution in [1.82, 2.24) is 9.80 Å². The molecule has 0 spiro atoms. The molecule has 8 nitrogen and oxygen atoms in total. The van der Waals surface area contributed by atoms with Crippen LogP contribution in [-0.2, 0) is 23.9 Å². The van der Waals surface area contributed by atoms with Crippen LogP contribution in [0, 0.1) is 11.8 Å². The molecule has 0 saturated carbocycles. The zero-order valence-electron chi connectivity index (χ0n) is 40.9. The highest BCUT2D eigenvalue weighted by molar-refractivity contribution is 5.82. The summed E-state index contributed by atoms with van der Waals surface area (Å²) in [4.78, 5) is 42.9. The zero-order chi connectivity index (χ0) is 44.3. The molecule has 0 aromatic carbocycles. The van der Waals surface area contributed by atoms with E-state index in [2.05, 4.69) is 39.6 Å². The van der Waals surface area contributed by atoms with Crippen LogP contribution in [0.15, 0.2) is 0 Å². The number of rotatable bonds is 46. The van der Waals surface area contributed by atoms with Crippen molar-refractivity contribution in [1.29, 1.82) is 0 Å². The second kappa shape index (κ2) is 44.0. The van der Waals surface area contributed by atoms with Crippen molar-refractivity contribution in [3.63, 3.8) is 0 Å². The Morgan fingerprint density at radius 3 is 1.40 bits per heavy atom. The highest BCUT2D eigenvalue weighted by atomic mass is 16.5. The highest BCUT2D eigenvalue weighted by Crippen LogP contribution is 2.24. The van der Waals surface area contributed by atoms with Crippen LogP contribution in [0.1, 0.15) is 252 Å². The van der Waals surface area contributed by atoms with Crippen molar-refractivity contribution in [2.45, 2.75) is 258 Å². The van der Waals surface area contributed by atoms with Gasteiger partial charge in [-0.15, -0.1) is 0 Å². The molecule has 2 atom stereocenters. The molecule has 0 aliphatic carbocycles. The fraction of sp³-hybridized carbons (Fsp3) is 0.942. The second-order valence-electron chi connectivity index (χ2n) is 18.5. The van der Waals surface area contributed by atoms with Gasteiger partial charge < -0.3 is 24.4 Å². The summed E-state index contributed by atoms with van der Waals surface area (Å²) >= 11 is 0. The minimum Gasteiger partial charge on any atom is -0.465 e. The lowest BCUT2D eigenvalue weighted by Gasteiger charge is -2.28. The average Bonchev–Trinajstić information content (AvgIpc) is 3.23. The molecule has 0 aliphatic rings. The molecule has 356 valence electrons. The van der Waals surface area contributed by atoms with E-state index in [-0.39, 0.29) is 36.9 Å². The van der Waals surface area contributed by atoms with Gasteiger partial charge in [0.2, 0.25) is 5.91 Å². The maximum absolute atomic E-state index is 13.1. The molecule has 0 rings (SSSR count). The summed E-state index contributed by atoms with van der Waals surface area (Å²) in [5, 5.41) is 9.32.